The van der Waals surface area contributed by atoms with E-state index in [9.17, 15) is 0 Å². The van der Waals surface area contributed by atoms with Crippen molar-refractivity contribution in [3.63, 3.8) is 0 Å². The van der Waals surface area contributed by atoms with Crippen molar-refractivity contribution in [2.75, 3.05) is 11.9 Å². The van der Waals surface area contributed by atoms with Gasteiger partial charge >= 0.3 is 0 Å². The Morgan fingerprint density at radius 1 is 1.07 bits per heavy atom. The van der Waals surface area contributed by atoms with Gasteiger partial charge in [0.15, 0.2) is 5.96 Å². The summed E-state index contributed by atoms with van der Waals surface area (Å²) >= 11 is 0. The zero-order valence-corrected chi connectivity index (χ0v) is 18.6. The summed E-state index contributed by atoms with van der Waals surface area (Å²) in [5, 5.41) is 3.11. The van der Waals surface area contributed by atoms with E-state index in [1.165, 1.54) is 0 Å². The average molecular weight is 483 g/mol. The van der Waals surface area contributed by atoms with Crippen molar-refractivity contribution >= 4 is 35.6 Å². The minimum absolute atomic E-state index is 0. The third kappa shape index (κ3) is 8.62. The van der Waals surface area contributed by atoms with E-state index < -0.39 is 0 Å². The summed E-state index contributed by atoms with van der Waals surface area (Å²) < 4.78 is 11.3. The zero-order chi connectivity index (χ0) is 18.8. The van der Waals surface area contributed by atoms with Crippen molar-refractivity contribution in [1.82, 2.24) is 0 Å². The number of ether oxygens (including phenoxy) is 2. The minimum Gasteiger partial charge on any atom is -0.491 e. The van der Waals surface area contributed by atoms with Crippen molar-refractivity contribution in [3.05, 3.63) is 59.7 Å². The van der Waals surface area contributed by atoms with Gasteiger partial charge in [-0.15, -0.1) is 24.0 Å². The lowest BCUT2D eigenvalue weighted by atomic mass is 10.1. The van der Waals surface area contributed by atoms with Gasteiger partial charge in [-0.05, 0) is 55.7 Å². The van der Waals surface area contributed by atoms with Gasteiger partial charge in [0.05, 0.1) is 19.3 Å². The summed E-state index contributed by atoms with van der Waals surface area (Å²) in [6, 6.07) is 15.8. The summed E-state index contributed by atoms with van der Waals surface area (Å²) in [5.41, 5.74) is 9.16. The monoisotopic (exact) mass is 483 g/mol. The fourth-order valence-corrected chi connectivity index (χ4v) is 2.43. The molecule has 0 fully saturated rings. The van der Waals surface area contributed by atoms with E-state index in [0.717, 1.165) is 35.6 Å². The van der Waals surface area contributed by atoms with Crippen LogP contribution in [0.4, 0.5) is 5.69 Å². The Bertz CT molecular complexity index is 703. The van der Waals surface area contributed by atoms with Gasteiger partial charge in [-0.25, -0.2) is 4.99 Å². The molecule has 0 amide bonds. The first kappa shape index (κ1) is 23.2. The van der Waals surface area contributed by atoms with E-state index in [2.05, 4.69) is 29.4 Å². The van der Waals surface area contributed by atoms with Gasteiger partial charge in [-0.2, -0.15) is 0 Å². The molecule has 0 atom stereocenters. The highest BCUT2D eigenvalue weighted by molar-refractivity contribution is 14.0. The number of hydrogen-bond donors (Lipinski definition) is 2. The molecule has 0 spiro atoms. The normalized spacial score (nSPS) is 11.2. The van der Waals surface area contributed by atoms with E-state index in [0.29, 0.717) is 19.1 Å². The van der Waals surface area contributed by atoms with Gasteiger partial charge in [0.1, 0.15) is 5.75 Å². The highest BCUT2D eigenvalue weighted by Crippen LogP contribution is 2.17. The molecule has 2 aromatic rings. The van der Waals surface area contributed by atoms with Crippen LogP contribution in [0.3, 0.4) is 0 Å². The SMILES string of the molecule is CCCOCc1ccccc1CN=C(N)Nc1ccc(OC(C)C)cc1.I. The lowest BCUT2D eigenvalue weighted by Gasteiger charge is -2.11. The van der Waals surface area contributed by atoms with Crippen LogP contribution in [0.2, 0.25) is 0 Å². The largest absolute Gasteiger partial charge is 0.491 e. The van der Waals surface area contributed by atoms with Gasteiger partial charge in [0.25, 0.3) is 0 Å². The maximum atomic E-state index is 6.02. The Labute approximate surface area is 179 Å². The summed E-state index contributed by atoms with van der Waals surface area (Å²) in [6.45, 7) is 7.98. The predicted molar refractivity (Wildman–Crippen MR) is 123 cm³/mol. The minimum atomic E-state index is 0. The summed E-state index contributed by atoms with van der Waals surface area (Å²) in [7, 11) is 0. The van der Waals surface area contributed by atoms with Crippen LogP contribution in [-0.4, -0.2) is 18.7 Å². The summed E-state index contributed by atoms with van der Waals surface area (Å²) in [4.78, 5) is 4.45. The third-order valence-electron chi connectivity index (χ3n) is 3.64. The molecule has 0 radical (unpaired) electrons. The van der Waals surface area contributed by atoms with Crippen molar-refractivity contribution in [1.29, 1.82) is 0 Å². The van der Waals surface area contributed by atoms with E-state index in [1.54, 1.807) is 0 Å². The number of hydrogen-bond acceptors (Lipinski definition) is 3. The standard InChI is InChI=1S/C21H29N3O2.HI/c1-4-13-25-15-18-8-6-5-7-17(18)14-23-21(22)24-19-9-11-20(12-10-19)26-16(2)3;/h5-12,16H,4,13-15H2,1-3H3,(H3,22,23,24);1H. The molecule has 0 unspecified atom stereocenters. The Hall–Kier alpha value is -1.80. The first-order chi connectivity index (χ1) is 12.6. The Morgan fingerprint density at radius 2 is 1.74 bits per heavy atom. The molecule has 6 heteroatoms. The smallest absolute Gasteiger partial charge is 0.193 e. The molecule has 2 rings (SSSR count). The van der Waals surface area contributed by atoms with Crippen LogP contribution < -0.4 is 15.8 Å². The van der Waals surface area contributed by atoms with Crippen LogP contribution in [0.15, 0.2) is 53.5 Å². The first-order valence-electron chi connectivity index (χ1n) is 9.06. The Kier molecular flexibility index (Phi) is 10.8. The Balaban J connectivity index is 0.00000364. The number of rotatable bonds is 9. The fourth-order valence-electron chi connectivity index (χ4n) is 2.43. The van der Waals surface area contributed by atoms with Gasteiger partial charge in [-0.1, -0.05) is 31.2 Å². The highest BCUT2D eigenvalue weighted by atomic mass is 127. The number of nitrogens with two attached hydrogens (primary N) is 1. The molecule has 0 aliphatic rings. The van der Waals surface area contributed by atoms with Gasteiger partial charge < -0.3 is 20.5 Å². The third-order valence-corrected chi connectivity index (χ3v) is 3.64. The predicted octanol–water partition coefficient (Wildman–Crippen LogP) is 4.95. The second kappa shape index (κ2) is 12.6. The molecule has 0 aliphatic carbocycles. The lowest BCUT2D eigenvalue weighted by molar-refractivity contribution is 0.121. The molecule has 0 saturated heterocycles. The molecule has 5 nitrogen and oxygen atoms in total. The average Bonchev–Trinajstić information content (AvgIpc) is 2.62. The number of guanidine groups is 1. The molecule has 0 heterocycles. The summed E-state index contributed by atoms with van der Waals surface area (Å²) in [5.74, 6) is 1.22. The van der Waals surface area contributed by atoms with Crippen molar-refractivity contribution in [2.45, 2.75) is 46.4 Å². The van der Waals surface area contributed by atoms with Crippen molar-refractivity contribution in [2.24, 2.45) is 10.7 Å². The van der Waals surface area contributed by atoms with E-state index >= 15 is 0 Å². The van der Waals surface area contributed by atoms with Crippen molar-refractivity contribution in [3.8, 4) is 5.75 Å². The maximum Gasteiger partial charge on any atom is 0.193 e. The molecule has 148 valence electrons. The molecule has 0 aliphatic heterocycles. The zero-order valence-electron chi connectivity index (χ0n) is 16.3. The molecule has 2 aromatic carbocycles. The van der Waals surface area contributed by atoms with Gasteiger partial charge in [-0.3, -0.25) is 0 Å². The van der Waals surface area contributed by atoms with Crippen LogP contribution in [0.25, 0.3) is 0 Å². The highest BCUT2D eigenvalue weighted by Gasteiger charge is 2.03. The maximum absolute atomic E-state index is 6.02. The van der Waals surface area contributed by atoms with Crippen LogP contribution in [0.5, 0.6) is 5.75 Å². The van der Waals surface area contributed by atoms with E-state index in [-0.39, 0.29) is 30.1 Å². The quantitative estimate of drug-likeness (QED) is 0.229. The molecule has 0 aromatic heterocycles. The number of benzene rings is 2. The lowest BCUT2D eigenvalue weighted by Crippen LogP contribution is -2.22. The topological polar surface area (TPSA) is 68.9 Å². The molecule has 27 heavy (non-hydrogen) atoms. The number of nitrogens with zero attached hydrogens (tertiary/aromatic N) is 1. The van der Waals surface area contributed by atoms with E-state index in [4.69, 9.17) is 15.2 Å². The van der Waals surface area contributed by atoms with Gasteiger partial charge in [0.2, 0.25) is 0 Å². The number of aliphatic imine (C=N–C) groups is 1. The molecular weight excluding hydrogens is 453 g/mol. The van der Waals surface area contributed by atoms with Gasteiger partial charge in [0, 0.05) is 12.3 Å². The van der Waals surface area contributed by atoms with Crippen LogP contribution in [0.1, 0.15) is 38.3 Å². The number of nitrogens with one attached hydrogen (secondary N) is 1. The first-order valence-corrected chi connectivity index (χ1v) is 9.06. The number of anilines is 1. The van der Waals surface area contributed by atoms with Crippen molar-refractivity contribution < 1.29 is 9.47 Å². The second-order valence-electron chi connectivity index (χ2n) is 6.34. The number of halogens is 1. The molecule has 0 saturated carbocycles. The second-order valence-corrected chi connectivity index (χ2v) is 6.34. The van der Waals surface area contributed by atoms with Crippen LogP contribution in [-0.2, 0) is 17.9 Å². The fraction of sp³-hybridized carbons (Fsp3) is 0.381. The molecule has 0 bridgehead atoms. The molecular formula is C21H30IN3O2. The van der Waals surface area contributed by atoms with Crippen LogP contribution >= 0.6 is 24.0 Å². The summed E-state index contributed by atoms with van der Waals surface area (Å²) in [6.07, 6.45) is 1.17. The molecule has 3 N–H and O–H groups in total. The van der Waals surface area contributed by atoms with E-state index in [1.807, 2.05) is 50.2 Å². The van der Waals surface area contributed by atoms with Crippen LogP contribution in [0, 0.1) is 0 Å². The Morgan fingerprint density at radius 3 is 2.37 bits per heavy atom.